The van der Waals surface area contributed by atoms with Crippen molar-refractivity contribution in [1.82, 2.24) is 0 Å². The third-order valence-corrected chi connectivity index (χ3v) is 4.18. The van der Waals surface area contributed by atoms with Crippen LogP contribution >= 0.6 is 0 Å². The molecule has 21 heavy (non-hydrogen) atoms. The number of hydrogen-bond acceptors (Lipinski definition) is 1. The van der Waals surface area contributed by atoms with Gasteiger partial charge in [0.05, 0.1) is 6.54 Å². The Morgan fingerprint density at radius 2 is 1.81 bits per heavy atom. The molecule has 3 rings (SSSR count). The minimum absolute atomic E-state index is 0.176. The predicted octanol–water partition coefficient (Wildman–Crippen LogP) is 3.52. The van der Waals surface area contributed by atoms with Crippen molar-refractivity contribution in [3.63, 3.8) is 0 Å². The number of carbonyl (C=O) groups is 1. The van der Waals surface area contributed by atoms with Crippen LogP contribution in [0.3, 0.4) is 0 Å². The molecule has 0 fully saturated rings. The van der Waals surface area contributed by atoms with Crippen LogP contribution in [0.4, 0.5) is 0 Å². The number of carbonyl (C=O) groups excluding carboxylic acids is 1. The van der Waals surface area contributed by atoms with Crippen molar-refractivity contribution in [2.75, 3.05) is 6.54 Å². The summed E-state index contributed by atoms with van der Waals surface area (Å²) in [6, 6.07) is 12.2. The molecule has 0 heterocycles. The Hall–Kier alpha value is -1.93. The van der Waals surface area contributed by atoms with E-state index in [4.69, 9.17) is 0 Å². The van der Waals surface area contributed by atoms with Gasteiger partial charge in [0, 0.05) is 17.0 Å². The Morgan fingerprint density at radius 1 is 1.00 bits per heavy atom. The van der Waals surface area contributed by atoms with E-state index in [2.05, 4.69) is 42.6 Å². The van der Waals surface area contributed by atoms with Gasteiger partial charge in [-0.15, -0.1) is 0 Å². The monoisotopic (exact) mass is 280 g/mol. The maximum atomic E-state index is 12.6. The van der Waals surface area contributed by atoms with Crippen molar-refractivity contribution in [1.29, 1.82) is 0 Å². The number of ketones is 1. The van der Waals surface area contributed by atoms with Crippen molar-refractivity contribution in [3.8, 4) is 0 Å². The predicted molar refractivity (Wildman–Crippen MR) is 87.2 cm³/mol. The van der Waals surface area contributed by atoms with Crippen molar-refractivity contribution < 1.29 is 10.1 Å². The molecule has 0 atom stereocenters. The first-order valence-corrected chi connectivity index (χ1v) is 7.92. The molecule has 0 saturated heterocycles. The van der Waals surface area contributed by atoms with Gasteiger partial charge in [-0.1, -0.05) is 56.2 Å². The van der Waals surface area contributed by atoms with Gasteiger partial charge in [0.2, 0.25) is 5.78 Å². The molecule has 0 saturated carbocycles. The number of nitrogens with two attached hydrogens (primary N) is 1. The second-order valence-corrected chi connectivity index (χ2v) is 5.73. The molecule has 0 amide bonds. The number of quaternary nitrogens is 1. The van der Waals surface area contributed by atoms with E-state index in [-0.39, 0.29) is 5.78 Å². The summed E-state index contributed by atoms with van der Waals surface area (Å²) in [5.41, 5.74) is 2.88. The lowest BCUT2D eigenvalue weighted by Crippen LogP contribution is -2.83. The van der Waals surface area contributed by atoms with Crippen molar-refractivity contribution in [2.24, 2.45) is 0 Å². The lowest BCUT2D eigenvalue weighted by molar-refractivity contribution is -0.598. The number of allylic oxidation sites excluding steroid dienone is 1. The molecule has 0 radical (unpaired) electrons. The van der Waals surface area contributed by atoms with Gasteiger partial charge in [-0.05, 0) is 23.8 Å². The third kappa shape index (κ3) is 2.77. The Balaban J connectivity index is 1.83. The van der Waals surface area contributed by atoms with Crippen LogP contribution in [0.15, 0.2) is 42.1 Å². The molecular weight excluding hydrogens is 258 g/mol. The summed E-state index contributed by atoms with van der Waals surface area (Å²) in [7, 11) is 0. The zero-order valence-corrected chi connectivity index (χ0v) is 12.6. The van der Waals surface area contributed by atoms with E-state index in [0.717, 1.165) is 28.6 Å². The third-order valence-electron chi connectivity index (χ3n) is 4.18. The molecule has 2 aromatic carbocycles. The van der Waals surface area contributed by atoms with Gasteiger partial charge >= 0.3 is 0 Å². The van der Waals surface area contributed by atoms with Crippen LogP contribution in [-0.4, -0.2) is 12.3 Å². The van der Waals surface area contributed by atoms with Crippen LogP contribution in [-0.2, 0) is 0 Å². The van der Waals surface area contributed by atoms with E-state index in [9.17, 15) is 4.79 Å². The molecule has 0 spiro atoms. The molecule has 1 aliphatic carbocycles. The Labute approximate surface area is 125 Å². The summed E-state index contributed by atoms with van der Waals surface area (Å²) in [5.74, 6) is 0.176. The van der Waals surface area contributed by atoms with Crippen LogP contribution in [0.2, 0.25) is 0 Å². The van der Waals surface area contributed by atoms with Crippen LogP contribution in [0.1, 0.15) is 48.5 Å². The van der Waals surface area contributed by atoms with Crippen molar-refractivity contribution in [3.05, 3.63) is 53.2 Å². The second-order valence-electron chi connectivity index (χ2n) is 5.73. The number of hydrogen-bond donors (Lipinski definition) is 1. The fraction of sp³-hybridized carbons (Fsp3) is 0.316. The summed E-state index contributed by atoms with van der Waals surface area (Å²) >= 11 is 0. The number of Topliss-reactive ketones (excluding diaryl/α,β-unsaturated/α-hetero) is 1. The molecule has 2 heteroatoms. The van der Waals surface area contributed by atoms with Crippen molar-refractivity contribution >= 4 is 22.6 Å². The van der Waals surface area contributed by atoms with E-state index in [1.54, 1.807) is 0 Å². The molecule has 2 nitrogen and oxygen atoms in total. The zero-order valence-electron chi connectivity index (χ0n) is 12.6. The van der Waals surface area contributed by atoms with Gasteiger partial charge in [0.15, 0.2) is 5.70 Å². The molecular formula is C19H22NO+. The largest absolute Gasteiger partial charge is 0.310 e. The fourth-order valence-electron chi connectivity index (χ4n) is 3.05. The quantitative estimate of drug-likeness (QED) is 0.807. The molecule has 0 aromatic heterocycles. The lowest BCUT2D eigenvalue weighted by atomic mass is 9.90. The first kappa shape index (κ1) is 14.0. The number of rotatable bonds is 6. The van der Waals surface area contributed by atoms with Gasteiger partial charge < -0.3 is 5.32 Å². The van der Waals surface area contributed by atoms with Gasteiger partial charge in [-0.2, -0.15) is 0 Å². The molecule has 2 N–H and O–H groups in total. The Kier molecular flexibility index (Phi) is 4.16. The van der Waals surface area contributed by atoms with E-state index in [1.807, 2.05) is 12.1 Å². The lowest BCUT2D eigenvalue weighted by Gasteiger charge is -2.15. The molecule has 0 bridgehead atoms. The number of unbranched alkanes of at least 4 members (excludes halogenated alkanes) is 3. The van der Waals surface area contributed by atoms with E-state index < -0.39 is 0 Å². The van der Waals surface area contributed by atoms with E-state index in [0.29, 0.717) is 0 Å². The van der Waals surface area contributed by atoms with Gasteiger partial charge in [0.1, 0.15) is 0 Å². The van der Waals surface area contributed by atoms with Gasteiger partial charge in [-0.3, -0.25) is 4.79 Å². The van der Waals surface area contributed by atoms with Crippen LogP contribution in [0.25, 0.3) is 16.8 Å². The molecule has 0 unspecified atom stereocenters. The van der Waals surface area contributed by atoms with Gasteiger partial charge in [-0.25, -0.2) is 0 Å². The number of benzene rings is 2. The molecule has 1 aliphatic rings. The second kappa shape index (κ2) is 6.23. The van der Waals surface area contributed by atoms with Crippen LogP contribution in [0, 0.1) is 0 Å². The smallest absolute Gasteiger partial charge is 0.246 e. The zero-order chi connectivity index (χ0) is 14.7. The summed E-state index contributed by atoms with van der Waals surface area (Å²) in [6.45, 7) is 3.21. The summed E-state index contributed by atoms with van der Waals surface area (Å²) in [5, 5.41) is 4.37. The first-order chi connectivity index (χ1) is 10.3. The summed E-state index contributed by atoms with van der Waals surface area (Å²) in [4.78, 5) is 12.6. The maximum absolute atomic E-state index is 12.6. The van der Waals surface area contributed by atoms with Crippen LogP contribution < -0.4 is 5.32 Å². The average molecular weight is 280 g/mol. The first-order valence-electron chi connectivity index (χ1n) is 7.92. The molecule has 2 aromatic rings. The topological polar surface area (TPSA) is 33.7 Å². The van der Waals surface area contributed by atoms with E-state index >= 15 is 0 Å². The van der Waals surface area contributed by atoms with Crippen molar-refractivity contribution in [2.45, 2.75) is 32.6 Å². The van der Waals surface area contributed by atoms with E-state index in [1.165, 1.54) is 31.2 Å². The summed E-state index contributed by atoms with van der Waals surface area (Å²) < 4.78 is 0. The summed E-state index contributed by atoms with van der Waals surface area (Å²) in [6.07, 6.45) is 7.00. The Morgan fingerprint density at radius 3 is 2.62 bits per heavy atom. The highest BCUT2D eigenvalue weighted by molar-refractivity contribution is 6.21. The van der Waals surface area contributed by atoms with Crippen LogP contribution in [0.5, 0.6) is 0 Å². The SMILES string of the molecule is CCCCCC[NH2+]C1=Cc2cccc3cccc(c23)C1=O. The Bertz CT molecular complexity index is 695. The molecule has 108 valence electrons. The minimum Gasteiger partial charge on any atom is -0.310 e. The highest BCUT2D eigenvalue weighted by Crippen LogP contribution is 2.29. The molecule has 0 aliphatic heterocycles. The standard InChI is InChI=1S/C19H21NO/c1-2-3-4-5-12-20-17-13-15-10-6-8-14-9-7-11-16(18(14)15)19(17)21/h6-11,13,20H,2-5,12H2,1H3/p+1. The fourth-order valence-corrected chi connectivity index (χ4v) is 3.05. The normalized spacial score (nSPS) is 13.6. The van der Waals surface area contributed by atoms with Gasteiger partial charge in [0.25, 0.3) is 0 Å². The highest BCUT2D eigenvalue weighted by Gasteiger charge is 2.24. The highest BCUT2D eigenvalue weighted by atomic mass is 16.1. The minimum atomic E-state index is 0.176. The average Bonchev–Trinajstić information content (AvgIpc) is 2.51. The maximum Gasteiger partial charge on any atom is 0.246 e.